The second-order valence-corrected chi connectivity index (χ2v) is 7.69. The third-order valence-electron chi connectivity index (χ3n) is 5.80. The van der Waals surface area contributed by atoms with Crippen molar-refractivity contribution in [1.29, 1.82) is 0 Å². The van der Waals surface area contributed by atoms with Crippen LogP contribution in [-0.4, -0.2) is 51.4 Å². The second-order valence-electron chi connectivity index (χ2n) is 7.69. The predicted molar refractivity (Wildman–Crippen MR) is 108 cm³/mol. The summed E-state index contributed by atoms with van der Waals surface area (Å²) in [7, 11) is 0. The minimum Gasteiger partial charge on any atom is -0.336 e. The van der Waals surface area contributed by atoms with E-state index in [1.165, 1.54) is 12.1 Å². The lowest BCUT2D eigenvalue weighted by molar-refractivity contribution is -0.137. The number of benzene rings is 2. The van der Waals surface area contributed by atoms with Crippen molar-refractivity contribution in [1.82, 2.24) is 19.4 Å². The molecule has 0 bridgehead atoms. The van der Waals surface area contributed by atoms with E-state index in [-0.39, 0.29) is 17.3 Å². The first-order valence-electron chi connectivity index (χ1n) is 10.1. The number of halogens is 5. The van der Waals surface area contributed by atoms with E-state index >= 15 is 0 Å². The summed E-state index contributed by atoms with van der Waals surface area (Å²) in [4.78, 5) is 20.6. The van der Waals surface area contributed by atoms with Crippen LogP contribution in [0.15, 0.2) is 48.5 Å². The predicted octanol–water partition coefficient (Wildman–Crippen LogP) is 4.97. The van der Waals surface area contributed by atoms with E-state index in [0.29, 0.717) is 37.2 Å². The molecule has 1 saturated heterocycles. The van der Waals surface area contributed by atoms with E-state index in [0.717, 1.165) is 16.7 Å². The SMILES string of the molecule is CC(c1nc2ccccc2n1C(F)F)N1CCN(C(=O)c2ccc(C(F)(F)F)cc2)CC1. The molecule has 0 saturated carbocycles. The smallest absolute Gasteiger partial charge is 0.336 e. The van der Waals surface area contributed by atoms with Crippen LogP contribution in [0.1, 0.15) is 41.3 Å². The van der Waals surface area contributed by atoms with Crippen molar-refractivity contribution in [3.05, 3.63) is 65.5 Å². The summed E-state index contributed by atoms with van der Waals surface area (Å²) < 4.78 is 66.6. The zero-order valence-electron chi connectivity index (χ0n) is 17.2. The summed E-state index contributed by atoms with van der Waals surface area (Å²) in [6.45, 7) is 0.591. The Labute approximate surface area is 181 Å². The van der Waals surface area contributed by atoms with Crippen molar-refractivity contribution in [2.45, 2.75) is 25.7 Å². The van der Waals surface area contributed by atoms with Crippen molar-refractivity contribution in [2.75, 3.05) is 26.2 Å². The van der Waals surface area contributed by atoms with Crippen molar-refractivity contribution in [3.63, 3.8) is 0 Å². The fraction of sp³-hybridized carbons (Fsp3) is 0.364. The summed E-state index contributed by atoms with van der Waals surface area (Å²) in [6.07, 6.45) is -4.46. The Bertz CT molecular complexity index is 1100. The molecule has 1 fully saturated rings. The lowest BCUT2D eigenvalue weighted by atomic mass is 10.1. The maximum Gasteiger partial charge on any atom is 0.416 e. The first kappa shape index (κ1) is 22.2. The number of fused-ring (bicyclic) bond motifs is 1. The molecule has 1 amide bonds. The number of para-hydroxylation sites is 2. The molecule has 3 aromatic rings. The average molecular weight is 452 g/mol. The molecule has 0 spiro atoms. The Morgan fingerprint density at radius 1 is 0.969 bits per heavy atom. The lowest BCUT2D eigenvalue weighted by Crippen LogP contribution is -2.49. The van der Waals surface area contributed by atoms with Gasteiger partial charge in [0.1, 0.15) is 5.82 Å². The van der Waals surface area contributed by atoms with Gasteiger partial charge in [0.15, 0.2) is 0 Å². The molecule has 1 aliphatic rings. The molecule has 0 N–H and O–H groups in total. The Morgan fingerprint density at radius 2 is 1.59 bits per heavy atom. The van der Waals surface area contributed by atoms with Crippen LogP contribution >= 0.6 is 0 Å². The first-order valence-corrected chi connectivity index (χ1v) is 10.1. The number of hydrogen-bond acceptors (Lipinski definition) is 3. The molecule has 10 heteroatoms. The van der Waals surface area contributed by atoms with Crippen molar-refractivity contribution < 1.29 is 26.7 Å². The Hall–Kier alpha value is -3.01. The maximum atomic E-state index is 13.8. The molecule has 1 atom stereocenters. The molecule has 0 aliphatic carbocycles. The fourth-order valence-corrected chi connectivity index (χ4v) is 4.02. The number of aromatic nitrogens is 2. The monoisotopic (exact) mass is 452 g/mol. The summed E-state index contributed by atoms with van der Waals surface area (Å²) in [5.74, 6) is -0.102. The Morgan fingerprint density at radius 3 is 2.19 bits per heavy atom. The van der Waals surface area contributed by atoms with Gasteiger partial charge in [-0.3, -0.25) is 14.3 Å². The van der Waals surface area contributed by atoms with Gasteiger partial charge in [0, 0.05) is 31.7 Å². The van der Waals surface area contributed by atoms with E-state index < -0.39 is 24.3 Å². The molecular weight excluding hydrogens is 431 g/mol. The quantitative estimate of drug-likeness (QED) is 0.525. The van der Waals surface area contributed by atoms with E-state index in [4.69, 9.17) is 0 Å². The minimum atomic E-state index is -4.46. The minimum absolute atomic E-state index is 0.180. The normalized spacial score (nSPS) is 16.7. The molecule has 2 heterocycles. The molecule has 1 unspecified atom stereocenters. The number of hydrogen-bond donors (Lipinski definition) is 0. The third kappa shape index (κ3) is 4.19. The Balaban J connectivity index is 1.45. The van der Waals surface area contributed by atoms with Crippen molar-refractivity contribution in [2.24, 2.45) is 0 Å². The summed E-state index contributed by atoms with van der Waals surface area (Å²) in [5.41, 5.74) is 0.222. The van der Waals surface area contributed by atoms with Gasteiger partial charge in [-0.15, -0.1) is 0 Å². The van der Waals surface area contributed by atoms with E-state index in [9.17, 15) is 26.7 Å². The van der Waals surface area contributed by atoms with E-state index in [2.05, 4.69) is 4.98 Å². The van der Waals surface area contributed by atoms with Crippen LogP contribution in [0.2, 0.25) is 0 Å². The van der Waals surface area contributed by atoms with Gasteiger partial charge in [-0.25, -0.2) is 4.98 Å². The van der Waals surface area contributed by atoms with Gasteiger partial charge in [0.25, 0.3) is 5.91 Å². The van der Waals surface area contributed by atoms with Crippen LogP contribution in [0.25, 0.3) is 11.0 Å². The molecule has 0 radical (unpaired) electrons. The van der Waals surface area contributed by atoms with Crippen LogP contribution in [0.5, 0.6) is 0 Å². The Kier molecular flexibility index (Phi) is 5.89. The molecule has 170 valence electrons. The highest BCUT2D eigenvalue weighted by atomic mass is 19.4. The summed E-state index contributed by atoms with van der Waals surface area (Å²) >= 11 is 0. The molecule has 4 rings (SSSR count). The number of imidazole rings is 1. The number of piperazine rings is 1. The van der Waals surface area contributed by atoms with E-state index in [1.54, 1.807) is 36.1 Å². The zero-order valence-corrected chi connectivity index (χ0v) is 17.2. The highest BCUT2D eigenvalue weighted by Gasteiger charge is 2.32. The van der Waals surface area contributed by atoms with Crippen molar-refractivity contribution >= 4 is 16.9 Å². The van der Waals surface area contributed by atoms with Gasteiger partial charge in [-0.05, 0) is 43.3 Å². The number of nitrogens with zero attached hydrogens (tertiary/aromatic N) is 4. The molecule has 32 heavy (non-hydrogen) atoms. The standard InChI is InChI=1S/C22H21F5N4O/c1-14(19-28-17-4-2-3-5-18(17)31(19)21(23)24)29-10-12-30(13-11-29)20(32)15-6-8-16(9-7-15)22(25,26)27/h2-9,14,21H,10-13H2,1H3. The topological polar surface area (TPSA) is 41.4 Å². The molecule has 1 aliphatic heterocycles. The number of rotatable bonds is 4. The van der Waals surface area contributed by atoms with Gasteiger partial charge in [-0.1, -0.05) is 12.1 Å². The number of amides is 1. The molecule has 5 nitrogen and oxygen atoms in total. The second kappa shape index (κ2) is 8.50. The zero-order chi connectivity index (χ0) is 23.0. The molecule has 2 aromatic carbocycles. The number of carbonyl (C=O) groups excluding carboxylic acids is 1. The third-order valence-corrected chi connectivity index (χ3v) is 5.80. The van der Waals surface area contributed by atoms with Crippen LogP contribution < -0.4 is 0 Å². The van der Waals surface area contributed by atoms with Crippen LogP contribution in [0.4, 0.5) is 22.0 Å². The van der Waals surface area contributed by atoms with Gasteiger partial charge >= 0.3 is 12.7 Å². The highest BCUT2D eigenvalue weighted by molar-refractivity contribution is 5.94. The largest absolute Gasteiger partial charge is 0.416 e. The maximum absolute atomic E-state index is 13.8. The van der Waals surface area contributed by atoms with Crippen molar-refractivity contribution in [3.8, 4) is 0 Å². The van der Waals surface area contributed by atoms with Gasteiger partial charge in [0.05, 0.1) is 22.6 Å². The van der Waals surface area contributed by atoms with Gasteiger partial charge in [-0.2, -0.15) is 22.0 Å². The van der Waals surface area contributed by atoms with E-state index in [1.807, 2.05) is 4.90 Å². The number of carbonyl (C=O) groups is 1. The van der Waals surface area contributed by atoms with Gasteiger partial charge < -0.3 is 4.90 Å². The van der Waals surface area contributed by atoms with Crippen LogP contribution in [-0.2, 0) is 6.18 Å². The van der Waals surface area contributed by atoms with Crippen LogP contribution in [0.3, 0.4) is 0 Å². The first-order chi connectivity index (χ1) is 15.2. The summed E-state index contributed by atoms with van der Waals surface area (Å²) in [5, 5.41) is 0. The number of alkyl halides is 5. The lowest BCUT2D eigenvalue weighted by Gasteiger charge is -2.37. The van der Waals surface area contributed by atoms with Crippen LogP contribution in [0, 0.1) is 0 Å². The summed E-state index contributed by atoms with van der Waals surface area (Å²) in [6, 6.07) is 10.4. The average Bonchev–Trinajstić information content (AvgIpc) is 3.17. The highest BCUT2D eigenvalue weighted by Crippen LogP contribution is 2.31. The van der Waals surface area contributed by atoms with Gasteiger partial charge in [0.2, 0.25) is 0 Å². The molecular formula is C22H21F5N4O. The fourth-order valence-electron chi connectivity index (χ4n) is 4.02. The molecule has 1 aromatic heterocycles.